The summed E-state index contributed by atoms with van der Waals surface area (Å²) in [6, 6.07) is 1.13. The molecule has 128 valence electrons. The van der Waals surface area contributed by atoms with Crippen molar-refractivity contribution in [1.82, 2.24) is 9.62 Å². The van der Waals surface area contributed by atoms with Crippen LogP contribution < -0.4 is 5.32 Å². The minimum absolute atomic E-state index is 0.0256. The summed E-state index contributed by atoms with van der Waals surface area (Å²) < 4.78 is 65.6. The lowest BCUT2D eigenvalue weighted by Gasteiger charge is -2.33. The molecule has 0 amide bonds. The number of hydrogen-bond acceptors (Lipinski definition) is 5. The van der Waals surface area contributed by atoms with E-state index < -0.39 is 43.3 Å². The highest BCUT2D eigenvalue weighted by atomic mass is 32.2. The first-order valence-corrected chi connectivity index (χ1v) is 8.07. The van der Waals surface area contributed by atoms with E-state index in [2.05, 4.69) is 5.32 Å². The van der Waals surface area contributed by atoms with Crippen LogP contribution in [0, 0.1) is 10.1 Å². The highest BCUT2D eigenvalue weighted by Crippen LogP contribution is 2.37. The Morgan fingerprint density at radius 3 is 2.57 bits per heavy atom. The molecule has 1 aromatic rings. The number of hydrogen-bond donors (Lipinski definition) is 1. The van der Waals surface area contributed by atoms with Gasteiger partial charge in [0.15, 0.2) is 0 Å². The van der Waals surface area contributed by atoms with E-state index in [0.717, 1.165) is 10.4 Å². The molecule has 1 heterocycles. The number of halogens is 3. The summed E-state index contributed by atoms with van der Waals surface area (Å²) in [6.45, 7) is 2.23. The van der Waals surface area contributed by atoms with Crippen molar-refractivity contribution in [3.05, 3.63) is 33.9 Å². The average Bonchev–Trinajstić information content (AvgIpc) is 2.46. The number of nitrogens with one attached hydrogen (secondary N) is 1. The minimum atomic E-state index is -5.02. The Bertz CT molecular complexity index is 721. The van der Waals surface area contributed by atoms with Crippen LogP contribution in [-0.2, 0) is 16.2 Å². The number of nitro benzene ring substituents is 1. The van der Waals surface area contributed by atoms with Gasteiger partial charge in [-0.2, -0.15) is 17.5 Å². The second kappa shape index (κ2) is 6.06. The predicted octanol–water partition coefficient (Wildman–Crippen LogP) is 1.60. The molecule has 1 fully saturated rings. The van der Waals surface area contributed by atoms with Gasteiger partial charge in [0.2, 0.25) is 10.0 Å². The molecular formula is C12H14F3N3O4S. The van der Waals surface area contributed by atoms with Gasteiger partial charge in [0.05, 0.1) is 15.4 Å². The lowest BCUT2D eigenvalue weighted by Crippen LogP contribution is -2.52. The molecule has 1 aromatic carbocycles. The summed E-state index contributed by atoms with van der Waals surface area (Å²) in [4.78, 5) is 8.70. The third kappa shape index (κ3) is 3.46. The van der Waals surface area contributed by atoms with Crippen LogP contribution in [0.25, 0.3) is 0 Å². The van der Waals surface area contributed by atoms with Crippen molar-refractivity contribution in [3.63, 3.8) is 0 Å². The normalized spacial score (nSPS) is 20.4. The Labute approximate surface area is 130 Å². The van der Waals surface area contributed by atoms with Crippen LogP contribution in [0.5, 0.6) is 0 Å². The monoisotopic (exact) mass is 353 g/mol. The molecule has 0 spiro atoms. The summed E-state index contributed by atoms with van der Waals surface area (Å²) >= 11 is 0. The van der Waals surface area contributed by atoms with Crippen molar-refractivity contribution in [1.29, 1.82) is 0 Å². The van der Waals surface area contributed by atoms with Gasteiger partial charge >= 0.3 is 6.18 Å². The molecule has 1 saturated heterocycles. The van der Waals surface area contributed by atoms with Gasteiger partial charge in [-0.15, -0.1) is 0 Å². The molecule has 0 bridgehead atoms. The standard InChI is InChI=1S/C12H14F3N3O4S/c1-8-7-16-4-5-17(8)23(21,22)11-3-2-9(18(19)20)6-10(11)12(13,14)15/h2-3,6,8,16H,4-5,7H2,1H3. The zero-order chi connectivity index (χ0) is 17.4. The van der Waals surface area contributed by atoms with Gasteiger partial charge < -0.3 is 5.32 Å². The first-order chi connectivity index (χ1) is 10.5. The van der Waals surface area contributed by atoms with Crippen molar-refractivity contribution in [2.75, 3.05) is 19.6 Å². The molecule has 1 aliphatic rings. The van der Waals surface area contributed by atoms with Crippen molar-refractivity contribution in [2.45, 2.75) is 24.0 Å². The number of nitrogens with zero attached hydrogens (tertiary/aromatic N) is 2. The second-order valence-corrected chi connectivity index (χ2v) is 6.96. The molecule has 1 unspecified atom stereocenters. The summed E-state index contributed by atoms with van der Waals surface area (Å²) in [7, 11) is -4.42. The van der Waals surface area contributed by atoms with Gasteiger partial charge in [-0.3, -0.25) is 10.1 Å². The number of alkyl halides is 3. The van der Waals surface area contributed by atoms with Crippen molar-refractivity contribution < 1.29 is 26.5 Å². The molecule has 11 heteroatoms. The predicted molar refractivity (Wildman–Crippen MR) is 74.3 cm³/mol. The van der Waals surface area contributed by atoms with Gasteiger partial charge in [-0.05, 0) is 13.0 Å². The number of rotatable bonds is 3. The fourth-order valence-electron chi connectivity index (χ4n) is 2.38. The van der Waals surface area contributed by atoms with Crippen molar-refractivity contribution in [3.8, 4) is 0 Å². The fraction of sp³-hybridized carbons (Fsp3) is 0.500. The number of sulfonamides is 1. The SMILES string of the molecule is CC1CNCCN1S(=O)(=O)c1ccc([N+](=O)[O-])cc1C(F)(F)F. The summed E-state index contributed by atoms with van der Waals surface area (Å²) in [6.07, 6.45) is -5.02. The third-order valence-electron chi connectivity index (χ3n) is 3.51. The number of nitro groups is 1. The van der Waals surface area contributed by atoms with E-state index in [4.69, 9.17) is 0 Å². The fourth-order valence-corrected chi connectivity index (χ4v) is 4.21. The number of non-ortho nitro benzene ring substituents is 1. The van der Waals surface area contributed by atoms with E-state index >= 15 is 0 Å². The molecule has 1 atom stereocenters. The smallest absolute Gasteiger partial charge is 0.314 e. The van der Waals surface area contributed by atoms with E-state index in [1.165, 1.54) is 0 Å². The molecule has 0 saturated carbocycles. The van der Waals surface area contributed by atoms with Crippen molar-refractivity contribution in [2.24, 2.45) is 0 Å². The van der Waals surface area contributed by atoms with Gasteiger partial charge in [-0.25, -0.2) is 8.42 Å². The molecule has 0 aliphatic carbocycles. The molecule has 2 rings (SSSR count). The topological polar surface area (TPSA) is 92.6 Å². The van der Waals surface area contributed by atoms with Gasteiger partial charge in [0.1, 0.15) is 0 Å². The molecule has 0 aromatic heterocycles. The molecule has 1 N–H and O–H groups in total. The summed E-state index contributed by atoms with van der Waals surface area (Å²) in [5.74, 6) is 0. The summed E-state index contributed by atoms with van der Waals surface area (Å²) in [5, 5.41) is 13.6. The maximum absolute atomic E-state index is 13.2. The molecule has 7 nitrogen and oxygen atoms in total. The molecular weight excluding hydrogens is 339 g/mol. The first kappa shape index (κ1) is 17.6. The molecule has 1 aliphatic heterocycles. The van der Waals surface area contributed by atoms with Crippen LogP contribution in [0.2, 0.25) is 0 Å². The third-order valence-corrected chi connectivity index (χ3v) is 5.58. The van der Waals surface area contributed by atoms with Crippen LogP contribution in [0.15, 0.2) is 23.1 Å². The zero-order valence-corrected chi connectivity index (χ0v) is 12.8. The largest absolute Gasteiger partial charge is 0.417 e. The Kier molecular flexibility index (Phi) is 4.64. The highest BCUT2D eigenvalue weighted by molar-refractivity contribution is 7.89. The lowest BCUT2D eigenvalue weighted by molar-refractivity contribution is -0.385. The Hall–Kier alpha value is -1.72. The van der Waals surface area contributed by atoms with E-state index in [9.17, 15) is 31.7 Å². The summed E-state index contributed by atoms with van der Waals surface area (Å²) in [5.41, 5.74) is -2.35. The van der Waals surface area contributed by atoms with Crippen molar-refractivity contribution >= 4 is 15.7 Å². The van der Waals surface area contributed by atoms with Gasteiger partial charge in [-0.1, -0.05) is 0 Å². The van der Waals surface area contributed by atoms with E-state index in [0.29, 0.717) is 19.2 Å². The lowest BCUT2D eigenvalue weighted by atomic mass is 10.2. The van der Waals surface area contributed by atoms with Crippen LogP contribution in [0.4, 0.5) is 18.9 Å². The van der Waals surface area contributed by atoms with Crippen LogP contribution in [0.3, 0.4) is 0 Å². The minimum Gasteiger partial charge on any atom is -0.314 e. The van der Waals surface area contributed by atoms with Gasteiger partial charge in [0.25, 0.3) is 5.69 Å². The Balaban J connectivity index is 2.59. The Morgan fingerprint density at radius 2 is 2.04 bits per heavy atom. The van der Waals surface area contributed by atoms with Crippen LogP contribution in [0.1, 0.15) is 12.5 Å². The molecule has 23 heavy (non-hydrogen) atoms. The Morgan fingerprint density at radius 1 is 1.39 bits per heavy atom. The number of benzene rings is 1. The zero-order valence-electron chi connectivity index (χ0n) is 12.0. The maximum Gasteiger partial charge on any atom is 0.417 e. The first-order valence-electron chi connectivity index (χ1n) is 6.63. The highest BCUT2D eigenvalue weighted by Gasteiger charge is 2.41. The molecule has 0 radical (unpaired) electrons. The van der Waals surface area contributed by atoms with E-state index in [1.54, 1.807) is 6.92 Å². The maximum atomic E-state index is 13.2. The van der Waals surface area contributed by atoms with Crippen LogP contribution in [-0.4, -0.2) is 43.3 Å². The van der Waals surface area contributed by atoms with E-state index in [1.807, 2.05) is 0 Å². The van der Waals surface area contributed by atoms with E-state index in [-0.39, 0.29) is 12.6 Å². The average molecular weight is 353 g/mol. The number of piperazine rings is 1. The quantitative estimate of drug-likeness (QED) is 0.658. The van der Waals surface area contributed by atoms with Crippen LogP contribution >= 0.6 is 0 Å². The second-order valence-electron chi connectivity index (χ2n) is 5.10. The van der Waals surface area contributed by atoms with Gasteiger partial charge in [0, 0.05) is 37.8 Å².